The third-order valence-electron chi connectivity index (χ3n) is 2.24. The van der Waals surface area contributed by atoms with Crippen LogP contribution in [0.2, 0.25) is 0 Å². The molecule has 2 rings (SSSR count). The van der Waals surface area contributed by atoms with E-state index in [0.29, 0.717) is 6.05 Å². The Morgan fingerprint density at radius 1 is 1.42 bits per heavy atom. The Balaban J connectivity index is 2.50. The topological polar surface area (TPSA) is 9.23 Å². The van der Waals surface area contributed by atoms with Crippen LogP contribution in [0.3, 0.4) is 0 Å². The SMILES string of the molecule is [2H]C1=C([2H])C(C)=C2CCCCC(=C1)O2. The number of hydrogen-bond acceptors (Lipinski definition) is 1. The van der Waals surface area contributed by atoms with Crippen LogP contribution in [-0.4, -0.2) is 0 Å². The number of hydrogen-bond donors (Lipinski definition) is 0. The van der Waals surface area contributed by atoms with Gasteiger partial charge in [0.2, 0.25) is 0 Å². The minimum Gasteiger partial charge on any atom is -0.466 e. The van der Waals surface area contributed by atoms with Gasteiger partial charge in [-0.05, 0) is 31.4 Å². The molecule has 2 aliphatic heterocycles. The van der Waals surface area contributed by atoms with Crippen molar-refractivity contribution in [2.24, 2.45) is 0 Å². The molecular formula is C11H14O. The average Bonchev–Trinajstić information content (AvgIpc) is 2.44. The zero-order chi connectivity index (χ0) is 10.1. The molecule has 1 heteroatoms. The largest absolute Gasteiger partial charge is 0.466 e. The first-order valence-electron chi connectivity index (χ1n) is 5.44. The Labute approximate surface area is 76.2 Å². The van der Waals surface area contributed by atoms with E-state index in [9.17, 15) is 0 Å². The van der Waals surface area contributed by atoms with E-state index in [2.05, 4.69) is 0 Å². The molecule has 12 heavy (non-hydrogen) atoms. The van der Waals surface area contributed by atoms with E-state index in [1.807, 2.05) is 6.92 Å². The highest BCUT2D eigenvalue weighted by Gasteiger charge is 2.12. The van der Waals surface area contributed by atoms with Crippen molar-refractivity contribution in [1.29, 1.82) is 0 Å². The molecule has 0 saturated carbocycles. The van der Waals surface area contributed by atoms with Gasteiger partial charge in [-0.1, -0.05) is 12.1 Å². The summed E-state index contributed by atoms with van der Waals surface area (Å²) in [5, 5.41) is 0. The molecule has 0 unspecified atom stereocenters. The highest BCUT2D eigenvalue weighted by Crippen LogP contribution is 2.28. The zero-order valence-corrected chi connectivity index (χ0v) is 7.31. The van der Waals surface area contributed by atoms with Crippen LogP contribution in [0.1, 0.15) is 35.3 Å². The molecule has 0 aliphatic carbocycles. The lowest BCUT2D eigenvalue weighted by Gasteiger charge is -2.07. The summed E-state index contributed by atoms with van der Waals surface area (Å²) in [6, 6.07) is 0.575. The molecular weight excluding hydrogens is 148 g/mol. The Bertz CT molecular complexity index is 350. The maximum Gasteiger partial charge on any atom is 0.106 e. The normalized spacial score (nSPS) is 26.6. The van der Waals surface area contributed by atoms with E-state index >= 15 is 0 Å². The van der Waals surface area contributed by atoms with Gasteiger partial charge in [-0.15, -0.1) is 0 Å². The number of ether oxygens (including phenoxy) is 1. The highest BCUT2D eigenvalue weighted by molar-refractivity contribution is 5.28. The standard InChI is InChI=1S/C11H14O/c1-9-5-4-7-10-6-2-3-8-11(9)12-10/h4-5,7H,2-3,6,8H2,1H3/i4D,5D. The maximum absolute atomic E-state index is 7.76. The first-order chi connectivity index (χ1) is 6.68. The molecule has 0 aromatic rings. The van der Waals surface area contributed by atoms with Crippen molar-refractivity contribution in [3.05, 3.63) is 35.3 Å². The third kappa shape index (κ3) is 1.45. The molecule has 2 bridgehead atoms. The van der Waals surface area contributed by atoms with Gasteiger partial charge in [0.25, 0.3) is 0 Å². The van der Waals surface area contributed by atoms with Crippen LogP contribution in [-0.2, 0) is 4.74 Å². The Morgan fingerprint density at radius 2 is 2.25 bits per heavy atom. The van der Waals surface area contributed by atoms with E-state index in [1.54, 1.807) is 6.08 Å². The van der Waals surface area contributed by atoms with Gasteiger partial charge in [0.1, 0.15) is 11.5 Å². The summed E-state index contributed by atoms with van der Waals surface area (Å²) in [6.07, 6.45) is 5.71. The molecule has 1 fully saturated rings. The first-order valence-corrected chi connectivity index (χ1v) is 4.44. The molecule has 0 atom stereocenters. The predicted molar refractivity (Wildman–Crippen MR) is 49.5 cm³/mol. The molecule has 2 heterocycles. The van der Waals surface area contributed by atoms with Crippen molar-refractivity contribution >= 4 is 0 Å². The Hall–Kier alpha value is -0.980. The van der Waals surface area contributed by atoms with E-state index < -0.39 is 0 Å². The third-order valence-corrected chi connectivity index (χ3v) is 2.24. The lowest BCUT2D eigenvalue weighted by atomic mass is 10.1. The van der Waals surface area contributed by atoms with Gasteiger partial charge in [0.05, 0.1) is 2.74 Å². The van der Waals surface area contributed by atoms with Crippen LogP contribution < -0.4 is 0 Å². The monoisotopic (exact) mass is 164 g/mol. The molecule has 1 saturated heterocycles. The van der Waals surface area contributed by atoms with Gasteiger partial charge in [-0.2, -0.15) is 0 Å². The van der Waals surface area contributed by atoms with Crippen LogP contribution in [0.4, 0.5) is 0 Å². The van der Waals surface area contributed by atoms with Crippen molar-refractivity contribution in [3.63, 3.8) is 0 Å². The summed E-state index contributed by atoms with van der Waals surface area (Å²) < 4.78 is 21.1. The van der Waals surface area contributed by atoms with Gasteiger partial charge in [0.15, 0.2) is 0 Å². The summed E-state index contributed by atoms with van der Waals surface area (Å²) in [4.78, 5) is 0. The molecule has 0 aromatic carbocycles. The van der Waals surface area contributed by atoms with Crippen LogP contribution >= 0.6 is 0 Å². The van der Waals surface area contributed by atoms with Crippen LogP contribution in [0.5, 0.6) is 0 Å². The van der Waals surface area contributed by atoms with Crippen molar-refractivity contribution < 1.29 is 7.48 Å². The van der Waals surface area contributed by atoms with Crippen molar-refractivity contribution in [1.82, 2.24) is 0 Å². The molecule has 0 N–H and O–H groups in total. The van der Waals surface area contributed by atoms with Gasteiger partial charge in [0, 0.05) is 12.8 Å². The summed E-state index contributed by atoms with van der Waals surface area (Å²) in [6.45, 7) is 1.87. The summed E-state index contributed by atoms with van der Waals surface area (Å²) in [7, 11) is 0. The van der Waals surface area contributed by atoms with E-state index in [-0.39, 0.29) is 6.05 Å². The predicted octanol–water partition coefficient (Wildman–Crippen LogP) is 3.30. The molecule has 64 valence electrons. The van der Waals surface area contributed by atoms with Crippen molar-refractivity contribution in [2.45, 2.75) is 32.6 Å². The second-order valence-electron chi connectivity index (χ2n) is 3.24. The van der Waals surface area contributed by atoms with Gasteiger partial charge in [-0.3, -0.25) is 0 Å². The summed E-state index contributed by atoms with van der Waals surface area (Å²) in [5.74, 6) is 1.74. The zero-order valence-electron chi connectivity index (χ0n) is 9.31. The number of rotatable bonds is 0. The lowest BCUT2D eigenvalue weighted by molar-refractivity contribution is 0.290. The fourth-order valence-corrected chi connectivity index (χ4v) is 1.51. The van der Waals surface area contributed by atoms with Crippen LogP contribution in [0.15, 0.2) is 35.3 Å². The second kappa shape index (κ2) is 3.18. The van der Waals surface area contributed by atoms with Gasteiger partial charge >= 0.3 is 0 Å². The summed E-state index contributed by atoms with van der Waals surface area (Å²) >= 11 is 0. The Morgan fingerprint density at radius 3 is 3.17 bits per heavy atom. The highest BCUT2D eigenvalue weighted by atomic mass is 16.5. The molecule has 2 aliphatic rings. The van der Waals surface area contributed by atoms with Crippen molar-refractivity contribution in [3.8, 4) is 0 Å². The second-order valence-corrected chi connectivity index (χ2v) is 3.24. The molecule has 0 amide bonds. The quantitative estimate of drug-likeness (QED) is 0.533. The van der Waals surface area contributed by atoms with E-state index in [1.165, 1.54) is 0 Å². The average molecular weight is 164 g/mol. The lowest BCUT2D eigenvalue weighted by Crippen LogP contribution is -1.89. The van der Waals surface area contributed by atoms with Gasteiger partial charge < -0.3 is 4.74 Å². The first kappa shape index (κ1) is 5.63. The molecule has 1 nitrogen and oxygen atoms in total. The minimum absolute atomic E-state index is 0.273. The molecule has 0 radical (unpaired) electrons. The van der Waals surface area contributed by atoms with Crippen LogP contribution in [0.25, 0.3) is 0 Å². The minimum atomic E-state index is 0.273. The number of allylic oxidation sites excluding steroid dienone is 6. The summed E-state index contributed by atoms with van der Waals surface area (Å²) in [5.41, 5.74) is 0.822. The fraction of sp³-hybridized carbons (Fsp3) is 0.455. The van der Waals surface area contributed by atoms with Crippen LogP contribution in [0, 0.1) is 0 Å². The van der Waals surface area contributed by atoms with Crippen molar-refractivity contribution in [2.75, 3.05) is 0 Å². The maximum atomic E-state index is 7.76. The van der Waals surface area contributed by atoms with E-state index in [4.69, 9.17) is 7.48 Å². The Kier molecular flexibility index (Phi) is 1.49. The smallest absolute Gasteiger partial charge is 0.106 e. The van der Waals surface area contributed by atoms with Gasteiger partial charge in [-0.25, -0.2) is 0 Å². The molecule has 0 aromatic heterocycles. The van der Waals surface area contributed by atoms with E-state index in [0.717, 1.165) is 42.8 Å². The number of fused-ring (bicyclic) bond motifs is 2. The fourth-order valence-electron chi connectivity index (χ4n) is 1.51. The molecule has 0 spiro atoms.